The molecule has 1 aliphatic carbocycles. The Bertz CT molecular complexity index is 1130. The molecule has 1 aromatic heterocycles. The molecular formula is C26H27Cl2N3O2S. The van der Waals surface area contributed by atoms with E-state index in [0.717, 1.165) is 53.9 Å². The van der Waals surface area contributed by atoms with Crippen LogP contribution < -0.4 is 5.32 Å². The molecule has 2 aromatic carbocycles. The predicted molar refractivity (Wildman–Crippen MR) is 137 cm³/mol. The van der Waals surface area contributed by atoms with Crippen LogP contribution >= 0.6 is 34.7 Å². The number of rotatable bonds is 7. The first-order valence-electron chi connectivity index (χ1n) is 11.5. The zero-order valence-corrected chi connectivity index (χ0v) is 21.3. The Morgan fingerprint density at radius 1 is 1.06 bits per heavy atom. The van der Waals surface area contributed by atoms with Gasteiger partial charge in [0, 0.05) is 12.6 Å². The minimum Gasteiger partial charge on any atom is -0.351 e. The summed E-state index contributed by atoms with van der Waals surface area (Å²) in [5.41, 5.74) is 2.78. The summed E-state index contributed by atoms with van der Waals surface area (Å²) in [7, 11) is 0. The first-order chi connectivity index (χ1) is 16.4. The third-order valence-electron chi connectivity index (χ3n) is 6.16. The van der Waals surface area contributed by atoms with Crippen molar-refractivity contribution in [2.75, 3.05) is 0 Å². The van der Waals surface area contributed by atoms with Gasteiger partial charge in [-0.15, -0.1) is 0 Å². The average Bonchev–Trinajstić information content (AvgIpc) is 3.18. The van der Waals surface area contributed by atoms with E-state index < -0.39 is 11.9 Å². The summed E-state index contributed by atoms with van der Waals surface area (Å²) in [6.45, 7) is 2.21. The molecular weight excluding hydrogens is 489 g/mol. The van der Waals surface area contributed by atoms with Gasteiger partial charge < -0.3 is 10.2 Å². The second-order valence-electron chi connectivity index (χ2n) is 8.69. The van der Waals surface area contributed by atoms with Crippen LogP contribution in [0.15, 0.2) is 54.6 Å². The molecule has 1 aliphatic rings. The molecule has 2 amide bonds. The van der Waals surface area contributed by atoms with Gasteiger partial charge in [-0.05, 0) is 42.4 Å². The maximum absolute atomic E-state index is 13.8. The van der Waals surface area contributed by atoms with Crippen molar-refractivity contribution >= 4 is 46.5 Å². The lowest BCUT2D eigenvalue weighted by atomic mass is 9.94. The van der Waals surface area contributed by atoms with Gasteiger partial charge in [-0.3, -0.25) is 9.59 Å². The Morgan fingerprint density at radius 3 is 2.35 bits per heavy atom. The molecule has 0 aliphatic heterocycles. The van der Waals surface area contributed by atoms with Gasteiger partial charge in [-0.2, -0.15) is 4.37 Å². The normalized spacial score (nSPS) is 15.0. The van der Waals surface area contributed by atoms with E-state index in [1.165, 1.54) is 6.42 Å². The maximum Gasteiger partial charge on any atom is 0.276 e. The van der Waals surface area contributed by atoms with Crippen LogP contribution in [0.25, 0.3) is 0 Å². The van der Waals surface area contributed by atoms with Crippen molar-refractivity contribution in [3.8, 4) is 0 Å². The van der Waals surface area contributed by atoms with Gasteiger partial charge in [0.15, 0.2) is 5.69 Å². The molecule has 0 radical (unpaired) electrons. The van der Waals surface area contributed by atoms with Crippen LogP contribution in [-0.4, -0.2) is 27.1 Å². The third-order valence-corrected chi connectivity index (χ3v) is 7.77. The summed E-state index contributed by atoms with van der Waals surface area (Å²) in [5, 5.41) is 3.33. The van der Waals surface area contributed by atoms with Gasteiger partial charge in [0.1, 0.15) is 15.4 Å². The molecule has 0 bridgehead atoms. The quantitative estimate of drug-likeness (QED) is 0.385. The van der Waals surface area contributed by atoms with Gasteiger partial charge in [-0.1, -0.05) is 103 Å². The van der Waals surface area contributed by atoms with E-state index in [4.69, 9.17) is 23.2 Å². The summed E-state index contributed by atoms with van der Waals surface area (Å²) in [6, 6.07) is 16.6. The highest BCUT2D eigenvalue weighted by Crippen LogP contribution is 2.33. The van der Waals surface area contributed by atoms with Crippen molar-refractivity contribution in [3.05, 3.63) is 86.3 Å². The third kappa shape index (κ3) is 5.80. The van der Waals surface area contributed by atoms with Gasteiger partial charge in [0.2, 0.25) is 5.91 Å². The molecule has 1 N–H and O–H groups in total. The van der Waals surface area contributed by atoms with Crippen LogP contribution in [0.3, 0.4) is 0 Å². The lowest BCUT2D eigenvalue weighted by Gasteiger charge is -2.33. The molecule has 3 aromatic rings. The number of benzene rings is 2. The number of nitrogens with zero attached hydrogens (tertiary/aromatic N) is 2. The number of carbonyl (C=O) groups excluding carboxylic acids is 2. The molecule has 8 heteroatoms. The van der Waals surface area contributed by atoms with Crippen LogP contribution in [0.1, 0.15) is 65.3 Å². The standard InChI is InChI=1S/C26H27Cl2N3O2S/c1-17-12-14-19(15-13-17)23(25(32)29-20-10-6-3-7-11-20)31(16-18-8-4-2-5-9-18)26(33)22-21(27)24(28)34-30-22/h2,4-5,8-9,12-15,20,23H,3,6-7,10-11,16H2,1H3,(H,29,32). The maximum atomic E-state index is 13.8. The average molecular weight is 516 g/mol. The number of halogens is 2. The molecule has 4 rings (SSSR count). The minimum absolute atomic E-state index is 0.0650. The first kappa shape index (κ1) is 24.7. The lowest BCUT2D eigenvalue weighted by molar-refractivity contribution is -0.127. The van der Waals surface area contributed by atoms with Gasteiger partial charge in [-0.25, -0.2) is 0 Å². The van der Waals surface area contributed by atoms with E-state index >= 15 is 0 Å². The Balaban J connectivity index is 1.75. The summed E-state index contributed by atoms with van der Waals surface area (Å²) < 4.78 is 4.45. The molecule has 1 fully saturated rings. The van der Waals surface area contributed by atoms with Crippen LogP contribution in [0.4, 0.5) is 0 Å². The van der Waals surface area contributed by atoms with E-state index in [-0.39, 0.29) is 33.5 Å². The Morgan fingerprint density at radius 2 is 1.74 bits per heavy atom. The second kappa shape index (κ2) is 11.3. The van der Waals surface area contributed by atoms with E-state index in [0.29, 0.717) is 0 Å². The topological polar surface area (TPSA) is 62.3 Å². The highest BCUT2D eigenvalue weighted by atomic mass is 35.5. The lowest BCUT2D eigenvalue weighted by Crippen LogP contribution is -2.47. The number of amides is 2. The van der Waals surface area contributed by atoms with Crippen molar-refractivity contribution < 1.29 is 9.59 Å². The summed E-state index contributed by atoms with van der Waals surface area (Å²) in [5.74, 6) is -0.626. The summed E-state index contributed by atoms with van der Waals surface area (Å²) in [6.07, 6.45) is 5.29. The van der Waals surface area contributed by atoms with Crippen LogP contribution in [0, 0.1) is 6.92 Å². The Hall–Kier alpha value is -2.41. The van der Waals surface area contributed by atoms with Crippen LogP contribution in [-0.2, 0) is 11.3 Å². The molecule has 5 nitrogen and oxygen atoms in total. The summed E-state index contributed by atoms with van der Waals surface area (Å²) >= 11 is 13.4. The van der Waals surface area contributed by atoms with E-state index in [1.807, 2.05) is 61.5 Å². The fourth-order valence-corrected chi connectivity index (χ4v) is 5.32. The zero-order chi connectivity index (χ0) is 24.1. The van der Waals surface area contributed by atoms with Crippen LogP contribution in [0.2, 0.25) is 9.36 Å². The largest absolute Gasteiger partial charge is 0.351 e. The van der Waals surface area contributed by atoms with Crippen molar-refractivity contribution in [1.82, 2.24) is 14.6 Å². The Labute approximate surface area is 214 Å². The molecule has 1 saturated carbocycles. The molecule has 178 valence electrons. The molecule has 1 atom stereocenters. The number of nitrogens with one attached hydrogen (secondary N) is 1. The number of aryl methyl sites for hydroxylation is 1. The highest BCUT2D eigenvalue weighted by molar-refractivity contribution is 7.11. The number of hydrogen-bond donors (Lipinski definition) is 1. The van der Waals surface area contributed by atoms with Gasteiger partial charge in [0.25, 0.3) is 5.91 Å². The highest BCUT2D eigenvalue weighted by Gasteiger charge is 2.35. The number of aromatic nitrogens is 1. The zero-order valence-electron chi connectivity index (χ0n) is 19.0. The van der Waals surface area contributed by atoms with Crippen molar-refractivity contribution in [1.29, 1.82) is 0 Å². The predicted octanol–water partition coefficient (Wildman–Crippen LogP) is 6.59. The van der Waals surface area contributed by atoms with E-state index in [2.05, 4.69) is 9.69 Å². The van der Waals surface area contributed by atoms with E-state index in [1.54, 1.807) is 4.90 Å². The molecule has 34 heavy (non-hydrogen) atoms. The molecule has 0 saturated heterocycles. The number of carbonyl (C=O) groups is 2. The Kier molecular flexibility index (Phi) is 8.24. The first-order valence-corrected chi connectivity index (χ1v) is 13.0. The molecule has 1 heterocycles. The minimum atomic E-state index is -0.841. The summed E-state index contributed by atoms with van der Waals surface area (Å²) in [4.78, 5) is 29.1. The van der Waals surface area contributed by atoms with E-state index in [9.17, 15) is 9.59 Å². The van der Waals surface area contributed by atoms with Crippen LogP contribution in [0.5, 0.6) is 0 Å². The van der Waals surface area contributed by atoms with Crippen molar-refractivity contribution in [2.45, 2.75) is 57.7 Å². The fraction of sp³-hybridized carbons (Fsp3) is 0.346. The smallest absolute Gasteiger partial charge is 0.276 e. The molecule has 0 spiro atoms. The molecule has 1 unspecified atom stereocenters. The van der Waals surface area contributed by atoms with Crippen molar-refractivity contribution in [2.24, 2.45) is 0 Å². The SMILES string of the molecule is Cc1ccc(C(C(=O)NC2CCCCC2)N(Cc2ccccc2)C(=O)c2nsc(Cl)c2Cl)cc1. The second-order valence-corrected chi connectivity index (χ2v) is 10.4. The number of hydrogen-bond acceptors (Lipinski definition) is 4. The monoisotopic (exact) mass is 515 g/mol. The van der Waals surface area contributed by atoms with Gasteiger partial charge in [0.05, 0.1) is 0 Å². The van der Waals surface area contributed by atoms with Crippen molar-refractivity contribution in [3.63, 3.8) is 0 Å². The van der Waals surface area contributed by atoms with Gasteiger partial charge >= 0.3 is 0 Å². The fourth-order valence-electron chi connectivity index (χ4n) is 4.34.